The Morgan fingerprint density at radius 3 is 2.28 bits per heavy atom. The summed E-state index contributed by atoms with van der Waals surface area (Å²) in [7, 11) is -8.53. The number of H-pyrrole nitrogens is 1. The second kappa shape index (κ2) is 11.5. The molecule has 0 saturated carbocycles. The van der Waals surface area contributed by atoms with E-state index < -0.39 is 91.4 Å². The van der Waals surface area contributed by atoms with E-state index in [2.05, 4.69) is 29.9 Å². The molecule has 46 heavy (non-hydrogen) atoms. The maximum Gasteiger partial charge on any atom is 0.280 e. The highest BCUT2D eigenvalue weighted by Gasteiger charge is 2.52. The molecule has 10 atom stereocenters. The van der Waals surface area contributed by atoms with Crippen LogP contribution in [0.15, 0.2) is 23.8 Å². The highest BCUT2D eigenvalue weighted by molar-refractivity contribution is 7.79. The number of anilines is 2. The first-order valence-electron chi connectivity index (χ1n) is 12.9. The van der Waals surface area contributed by atoms with Gasteiger partial charge in [-0.2, -0.15) is 4.98 Å². The van der Waals surface area contributed by atoms with Gasteiger partial charge in [-0.05, 0) is 0 Å². The number of nitrogens with zero attached hydrogens (tertiary/aromatic N) is 7. The number of nitrogen functional groups attached to an aromatic ring is 2. The van der Waals surface area contributed by atoms with Crippen molar-refractivity contribution in [1.29, 1.82) is 0 Å². The van der Waals surface area contributed by atoms with Gasteiger partial charge in [0.15, 0.2) is 41.3 Å². The Kier molecular flexibility index (Phi) is 7.81. The Labute approximate surface area is 259 Å². The normalized spacial score (nSPS) is 37.1. The zero-order valence-corrected chi connectivity index (χ0v) is 24.2. The SMILES string of the molecule is [BH3-][P@]1(=O)OCC2OC(n3cnc4c(=O)[nH]c(N)nc43)C(O[P@@]([BH3-])(=O)OCC3OC(n4cnc5c(N)ncnc54)C(F)C3O1)C2OC. The number of hydrogen-bond donors (Lipinski definition) is 3. The standard InChI is InChI=1S/C21H29B2FN10O10P2/c1-38-13-8-3-40-45(22,36)43-12-7(41-19(9(12)24)33-5-29-10-15(25)27-4-28-16(10)33)2-39-46(23,37)44-14(13)20(42-8)34-6-30-11-17(34)31-21(26)32-18(11)35/h4-9,12-14,19-20H,2-3H2,1,22-23H3,(H2,25,27,28)(H3,26,31,32,35)/q-2/t7?,8?,9?,12?,13?,14?,19?,20?,45-,46-/m0/s1. The lowest BCUT2D eigenvalue weighted by molar-refractivity contribution is -0.0578. The number of aromatic amines is 1. The molecule has 5 N–H and O–H groups in total. The van der Waals surface area contributed by atoms with E-state index in [4.69, 9.17) is 43.8 Å². The second-order valence-corrected chi connectivity index (χ2v) is 11.6. The molecule has 0 radical (unpaired) electrons. The first-order valence-corrected chi connectivity index (χ1v) is 15.1. The zero-order chi connectivity index (χ0) is 32.5. The maximum atomic E-state index is 16.2. The molecule has 4 aromatic heterocycles. The largest absolute Gasteiger partial charge is 0.382 e. The van der Waals surface area contributed by atoms with E-state index in [1.807, 2.05) is 0 Å². The number of aromatic nitrogens is 8. The number of alkyl halides is 1. The highest BCUT2D eigenvalue weighted by atomic mass is 31.2. The molecule has 3 saturated heterocycles. The van der Waals surface area contributed by atoms with Gasteiger partial charge in [0.25, 0.3) is 5.56 Å². The minimum absolute atomic E-state index is 0.0146. The number of nitrogens with two attached hydrogens (primary N) is 2. The molecule has 3 fully saturated rings. The van der Waals surface area contributed by atoms with E-state index in [-0.39, 0.29) is 40.7 Å². The Bertz CT molecular complexity index is 1970. The van der Waals surface area contributed by atoms with Gasteiger partial charge in [0.05, 0.1) is 41.0 Å². The minimum atomic E-state index is -3.77. The van der Waals surface area contributed by atoms with Gasteiger partial charge in [-0.25, -0.2) is 24.3 Å². The molecule has 7 heterocycles. The molecule has 25 heteroatoms. The lowest BCUT2D eigenvalue weighted by Gasteiger charge is -2.31. The Balaban J connectivity index is 1.22. The molecule has 248 valence electrons. The van der Waals surface area contributed by atoms with Crippen LogP contribution < -0.4 is 17.0 Å². The number of hydrogen-bond acceptors (Lipinski definition) is 17. The van der Waals surface area contributed by atoms with Crippen LogP contribution in [0.5, 0.6) is 0 Å². The van der Waals surface area contributed by atoms with Crippen LogP contribution in [0.3, 0.4) is 0 Å². The molecule has 2 bridgehead atoms. The summed E-state index contributed by atoms with van der Waals surface area (Å²) in [6.07, 6.45) is -5.97. The second-order valence-electron chi connectivity index (χ2n) is 9.81. The minimum Gasteiger partial charge on any atom is -0.382 e. The van der Waals surface area contributed by atoms with Crippen molar-refractivity contribution in [3.63, 3.8) is 0 Å². The maximum absolute atomic E-state index is 16.2. The van der Waals surface area contributed by atoms with Crippen molar-refractivity contribution in [2.24, 2.45) is 0 Å². The molecule has 0 aromatic carbocycles. The molecular weight excluding hydrogens is 655 g/mol. The monoisotopic (exact) mass is 684 g/mol. The van der Waals surface area contributed by atoms with Crippen molar-refractivity contribution in [3.05, 3.63) is 29.3 Å². The fraction of sp³-hybridized carbons (Fsp3) is 0.524. The molecular formula is C21H29B2FN10O10P2-2. The van der Waals surface area contributed by atoms with E-state index >= 15 is 4.39 Å². The van der Waals surface area contributed by atoms with Crippen molar-refractivity contribution >= 4 is 64.2 Å². The summed E-state index contributed by atoms with van der Waals surface area (Å²) in [6.45, 7) is -0.728. The van der Waals surface area contributed by atoms with Gasteiger partial charge >= 0.3 is 0 Å². The first-order chi connectivity index (χ1) is 21.9. The zero-order valence-electron chi connectivity index (χ0n) is 22.4. The third-order valence-electron chi connectivity index (χ3n) is 7.31. The number of rotatable bonds is 3. The Hall–Kier alpha value is -3.26. The predicted octanol–water partition coefficient (Wildman–Crippen LogP) is -1.96. The van der Waals surface area contributed by atoms with Crippen LogP contribution >= 0.6 is 14.9 Å². The van der Waals surface area contributed by atoms with Gasteiger partial charge in [0.1, 0.15) is 57.3 Å². The Morgan fingerprint density at radius 1 is 0.935 bits per heavy atom. The van der Waals surface area contributed by atoms with Gasteiger partial charge in [-0.15, -0.1) is 0 Å². The van der Waals surface area contributed by atoms with Crippen LogP contribution in [0.25, 0.3) is 22.3 Å². The van der Waals surface area contributed by atoms with Crippen LogP contribution in [0, 0.1) is 0 Å². The fourth-order valence-corrected chi connectivity index (χ4v) is 6.89. The average Bonchev–Trinajstić information content (AvgIpc) is 3.75. The molecule has 0 aliphatic carbocycles. The van der Waals surface area contributed by atoms with Crippen molar-refractivity contribution in [2.45, 2.75) is 49.1 Å². The summed E-state index contributed by atoms with van der Waals surface area (Å²) >= 11 is 0. The summed E-state index contributed by atoms with van der Waals surface area (Å²) in [4.78, 5) is 35.4. The fourth-order valence-electron chi connectivity index (χ4n) is 5.36. The number of methoxy groups -OCH3 is 1. The number of nitrogens with one attached hydrogen (secondary N) is 1. The van der Waals surface area contributed by atoms with Crippen LogP contribution in [-0.2, 0) is 41.4 Å². The van der Waals surface area contributed by atoms with Crippen LogP contribution in [0.1, 0.15) is 12.5 Å². The first kappa shape index (κ1) is 31.3. The summed E-state index contributed by atoms with van der Waals surface area (Å²) in [6, 6.07) is 0. The van der Waals surface area contributed by atoms with E-state index in [9.17, 15) is 13.9 Å². The third kappa shape index (κ3) is 5.44. The van der Waals surface area contributed by atoms with E-state index in [0.717, 1.165) is 0 Å². The molecule has 7 rings (SSSR count). The number of halogens is 1. The van der Waals surface area contributed by atoms with Crippen LogP contribution in [0.4, 0.5) is 16.2 Å². The molecule has 0 spiro atoms. The summed E-state index contributed by atoms with van der Waals surface area (Å²) in [5.74, 6) is -0.0603. The van der Waals surface area contributed by atoms with Crippen molar-refractivity contribution in [2.75, 3.05) is 31.8 Å². The summed E-state index contributed by atoms with van der Waals surface area (Å²) in [5, 5.41) is 0. The van der Waals surface area contributed by atoms with Crippen LogP contribution in [0.2, 0.25) is 0 Å². The predicted molar refractivity (Wildman–Crippen MR) is 163 cm³/mol. The van der Waals surface area contributed by atoms with Gasteiger partial charge in [0, 0.05) is 7.11 Å². The molecule has 20 nitrogen and oxygen atoms in total. The third-order valence-corrected chi connectivity index (χ3v) is 8.87. The highest BCUT2D eigenvalue weighted by Crippen LogP contribution is 2.54. The quantitative estimate of drug-likeness (QED) is 0.156. The summed E-state index contributed by atoms with van der Waals surface area (Å²) in [5.41, 5.74) is 11.6. The molecule has 3 aliphatic rings. The van der Waals surface area contributed by atoms with Gasteiger partial charge < -0.3 is 52.9 Å². The van der Waals surface area contributed by atoms with E-state index in [1.54, 1.807) is 0 Å². The molecule has 0 amide bonds. The van der Waals surface area contributed by atoms with Crippen LogP contribution in [-0.4, -0.2) is 111 Å². The van der Waals surface area contributed by atoms with Crippen molar-refractivity contribution in [1.82, 2.24) is 39.0 Å². The number of fused-ring (bicyclic) bond motifs is 5. The average molecular weight is 684 g/mol. The van der Waals surface area contributed by atoms with E-state index in [1.165, 1.54) is 35.2 Å². The molecule has 4 aromatic rings. The topological polar surface area (TPSA) is 258 Å². The van der Waals surface area contributed by atoms with Crippen molar-refractivity contribution < 1.29 is 45.8 Å². The van der Waals surface area contributed by atoms with Gasteiger partial charge in [-0.3, -0.25) is 18.9 Å². The van der Waals surface area contributed by atoms with Gasteiger partial charge in [-0.1, -0.05) is 0 Å². The number of imidazole rings is 2. The summed E-state index contributed by atoms with van der Waals surface area (Å²) < 4.78 is 88.3. The lowest BCUT2D eigenvalue weighted by atomic mass is 10.1. The van der Waals surface area contributed by atoms with Gasteiger partial charge in [0.2, 0.25) is 5.95 Å². The molecule has 3 aliphatic heterocycles. The number of ether oxygens (including phenoxy) is 3. The van der Waals surface area contributed by atoms with Crippen molar-refractivity contribution in [3.8, 4) is 0 Å². The molecule has 8 unspecified atom stereocenters. The lowest BCUT2D eigenvalue weighted by Crippen LogP contribution is -2.37. The smallest absolute Gasteiger partial charge is 0.280 e. The Morgan fingerprint density at radius 2 is 1.57 bits per heavy atom. The van der Waals surface area contributed by atoms with E-state index in [0.29, 0.717) is 0 Å².